The Kier molecular flexibility index (Phi) is 3.47. The summed E-state index contributed by atoms with van der Waals surface area (Å²) < 4.78 is 5.57. The Labute approximate surface area is 125 Å². The van der Waals surface area contributed by atoms with Gasteiger partial charge in [-0.25, -0.2) is 0 Å². The molecule has 1 aromatic rings. The highest BCUT2D eigenvalue weighted by atomic mass is 16.5. The molecular weight excluding hydrogens is 266 g/mol. The van der Waals surface area contributed by atoms with E-state index in [0.717, 1.165) is 37.8 Å². The van der Waals surface area contributed by atoms with Crippen LogP contribution in [0.1, 0.15) is 36.9 Å². The van der Waals surface area contributed by atoms with E-state index in [-0.39, 0.29) is 0 Å². The fourth-order valence-electron chi connectivity index (χ4n) is 4.13. The quantitative estimate of drug-likeness (QED) is 0.873. The Balaban J connectivity index is 1.42. The lowest BCUT2D eigenvalue weighted by molar-refractivity contribution is 0.113. The van der Waals surface area contributed by atoms with E-state index >= 15 is 0 Å². The zero-order valence-electron chi connectivity index (χ0n) is 13.0. The Hall–Kier alpha value is -0.980. The van der Waals surface area contributed by atoms with E-state index < -0.39 is 0 Å². The third kappa shape index (κ3) is 2.60. The maximum Gasteiger partial charge on any atom is 0.231 e. The van der Waals surface area contributed by atoms with Crippen LogP contribution in [0.3, 0.4) is 0 Å². The van der Waals surface area contributed by atoms with Crippen molar-refractivity contribution in [2.75, 3.05) is 33.7 Å². The van der Waals surface area contributed by atoms with Crippen molar-refractivity contribution in [2.24, 2.45) is 0 Å². The molecule has 0 spiro atoms. The minimum atomic E-state index is 0.441. The van der Waals surface area contributed by atoms with Crippen LogP contribution in [0.15, 0.2) is 4.52 Å². The number of hydrogen-bond donors (Lipinski definition) is 1. The molecular formula is C15H25N5O. The SMILES string of the molecule is CN1CCN(C)C(Cc2noc(C3CC4CCC3N4)n2)C1. The zero-order valence-corrected chi connectivity index (χ0v) is 13.0. The van der Waals surface area contributed by atoms with Gasteiger partial charge in [-0.2, -0.15) is 4.98 Å². The van der Waals surface area contributed by atoms with Crippen molar-refractivity contribution in [1.82, 2.24) is 25.3 Å². The lowest BCUT2D eigenvalue weighted by atomic mass is 9.89. The Morgan fingerprint density at radius 2 is 2.19 bits per heavy atom. The van der Waals surface area contributed by atoms with E-state index in [9.17, 15) is 0 Å². The monoisotopic (exact) mass is 291 g/mol. The molecule has 1 aromatic heterocycles. The van der Waals surface area contributed by atoms with Gasteiger partial charge < -0.3 is 19.6 Å². The van der Waals surface area contributed by atoms with Gasteiger partial charge in [0.15, 0.2) is 5.82 Å². The summed E-state index contributed by atoms with van der Waals surface area (Å²) in [5.41, 5.74) is 0. The first kappa shape index (κ1) is 13.7. The predicted octanol–water partition coefficient (Wildman–Crippen LogP) is 0.466. The van der Waals surface area contributed by atoms with Crippen molar-refractivity contribution in [3.63, 3.8) is 0 Å². The molecule has 3 aliphatic rings. The molecule has 3 fully saturated rings. The molecule has 0 amide bonds. The van der Waals surface area contributed by atoms with Gasteiger partial charge >= 0.3 is 0 Å². The van der Waals surface area contributed by atoms with E-state index in [0.29, 0.717) is 24.0 Å². The molecule has 116 valence electrons. The normalized spacial score (nSPS) is 37.4. The topological polar surface area (TPSA) is 57.4 Å². The molecule has 4 atom stereocenters. The van der Waals surface area contributed by atoms with Crippen molar-refractivity contribution < 1.29 is 4.52 Å². The number of nitrogens with one attached hydrogen (secondary N) is 1. The van der Waals surface area contributed by atoms with E-state index in [4.69, 9.17) is 9.51 Å². The summed E-state index contributed by atoms with van der Waals surface area (Å²) in [5.74, 6) is 2.17. The molecule has 3 aliphatic heterocycles. The number of piperazine rings is 1. The third-order valence-electron chi connectivity index (χ3n) is 5.50. The van der Waals surface area contributed by atoms with Crippen LogP contribution < -0.4 is 5.32 Å². The summed E-state index contributed by atoms with van der Waals surface area (Å²) in [5, 5.41) is 7.88. The Morgan fingerprint density at radius 3 is 2.95 bits per heavy atom. The maximum absolute atomic E-state index is 5.57. The third-order valence-corrected chi connectivity index (χ3v) is 5.50. The fourth-order valence-corrected chi connectivity index (χ4v) is 4.13. The van der Waals surface area contributed by atoms with Crippen molar-refractivity contribution >= 4 is 0 Å². The molecule has 4 rings (SSSR count). The van der Waals surface area contributed by atoms with E-state index in [2.05, 4.69) is 34.4 Å². The van der Waals surface area contributed by atoms with Crippen LogP contribution in [0.25, 0.3) is 0 Å². The maximum atomic E-state index is 5.57. The summed E-state index contributed by atoms with van der Waals surface area (Å²) in [6.07, 6.45) is 4.61. The second-order valence-electron chi connectivity index (χ2n) is 7.04. The Bertz CT molecular complexity index is 504. The first-order valence-corrected chi connectivity index (χ1v) is 8.16. The van der Waals surface area contributed by atoms with Crippen LogP contribution >= 0.6 is 0 Å². The van der Waals surface area contributed by atoms with E-state index in [1.54, 1.807) is 0 Å². The molecule has 0 aromatic carbocycles. The predicted molar refractivity (Wildman–Crippen MR) is 79.2 cm³/mol. The summed E-state index contributed by atoms with van der Waals surface area (Å²) in [7, 11) is 4.38. The zero-order chi connectivity index (χ0) is 14.4. The molecule has 0 radical (unpaired) electrons. The molecule has 4 heterocycles. The van der Waals surface area contributed by atoms with Crippen LogP contribution in [-0.2, 0) is 6.42 Å². The van der Waals surface area contributed by atoms with Gasteiger partial charge in [0.2, 0.25) is 5.89 Å². The lowest BCUT2D eigenvalue weighted by Gasteiger charge is -2.37. The lowest BCUT2D eigenvalue weighted by Crippen LogP contribution is -2.50. The second-order valence-corrected chi connectivity index (χ2v) is 7.04. The molecule has 4 unspecified atom stereocenters. The Morgan fingerprint density at radius 1 is 1.29 bits per heavy atom. The molecule has 0 saturated carbocycles. The van der Waals surface area contributed by atoms with E-state index in [1.165, 1.54) is 19.3 Å². The minimum absolute atomic E-state index is 0.441. The molecule has 0 aliphatic carbocycles. The number of hydrogen-bond acceptors (Lipinski definition) is 6. The van der Waals surface area contributed by atoms with Gasteiger partial charge in [0, 0.05) is 44.2 Å². The number of rotatable bonds is 3. The average Bonchev–Trinajstić information content (AvgIpc) is 3.18. The number of nitrogens with zero attached hydrogens (tertiary/aromatic N) is 4. The summed E-state index contributed by atoms with van der Waals surface area (Å²) >= 11 is 0. The highest BCUT2D eigenvalue weighted by Crippen LogP contribution is 2.39. The van der Waals surface area contributed by atoms with Crippen LogP contribution in [0.5, 0.6) is 0 Å². The van der Waals surface area contributed by atoms with E-state index in [1.807, 2.05) is 0 Å². The average molecular weight is 291 g/mol. The van der Waals surface area contributed by atoms with Crippen LogP contribution in [0.4, 0.5) is 0 Å². The van der Waals surface area contributed by atoms with Crippen LogP contribution in [0, 0.1) is 0 Å². The second kappa shape index (κ2) is 5.34. The standard InChI is InChI=1S/C15H25N5O/c1-19-5-6-20(2)11(9-19)8-14-17-15(21-18-14)12-7-10-3-4-13(12)16-10/h10-13,16H,3-9H2,1-2H3. The molecule has 21 heavy (non-hydrogen) atoms. The molecule has 3 saturated heterocycles. The summed E-state index contributed by atoms with van der Waals surface area (Å²) in [6, 6.07) is 1.73. The van der Waals surface area contributed by atoms with Crippen molar-refractivity contribution in [1.29, 1.82) is 0 Å². The van der Waals surface area contributed by atoms with Crippen LogP contribution in [-0.4, -0.2) is 71.8 Å². The summed E-state index contributed by atoms with van der Waals surface area (Å²) in [4.78, 5) is 9.49. The largest absolute Gasteiger partial charge is 0.339 e. The van der Waals surface area contributed by atoms with Crippen molar-refractivity contribution in [2.45, 2.75) is 49.7 Å². The highest BCUT2D eigenvalue weighted by molar-refractivity contribution is 5.10. The smallest absolute Gasteiger partial charge is 0.231 e. The highest BCUT2D eigenvalue weighted by Gasteiger charge is 2.42. The van der Waals surface area contributed by atoms with Gasteiger partial charge in [-0.3, -0.25) is 0 Å². The van der Waals surface area contributed by atoms with Gasteiger partial charge in [-0.05, 0) is 33.4 Å². The molecule has 1 N–H and O–H groups in total. The number of fused-ring (bicyclic) bond motifs is 2. The molecule has 2 bridgehead atoms. The van der Waals surface area contributed by atoms with Gasteiger partial charge in [0.1, 0.15) is 0 Å². The van der Waals surface area contributed by atoms with Crippen molar-refractivity contribution in [3.05, 3.63) is 11.7 Å². The molecule has 6 nitrogen and oxygen atoms in total. The van der Waals surface area contributed by atoms with Gasteiger partial charge in [0.05, 0.1) is 5.92 Å². The fraction of sp³-hybridized carbons (Fsp3) is 0.867. The first-order chi connectivity index (χ1) is 10.2. The molecule has 6 heteroatoms. The van der Waals surface area contributed by atoms with Gasteiger partial charge in [-0.1, -0.05) is 5.16 Å². The van der Waals surface area contributed by atoms with Crippen molar-refractivity contribution in [3.8, 4) is 0 Å². The number of likely N-dealkylation sites (N-methyl/N-ethyl adjacent to an activating group) is 2. The first-order valence-electron chi connectivity index (χ1n) is 8.16. The summed E-state index contributed by atoms with van der Waals surface area (Å²) in [6.45, 7) is 3.33. The van der Waals surface area contributed by atoms with Crippen LogP contribution in [0.2, 0.25) is 0 Å². The number of aromatic nitrogens is 2. The minimum Gasteiger partial charge on any atom is -0.339 e. The van der Waals surface area contributed by atoms with Gasteiger partial charge in [0.25, 0.3) is 0 Å². The van der Waals surface area contributed by atoms with Gasteiger partial charge in [-0.15, -0.1) is 0 Å².